The van der Waals surface area contributed by atoms with Crippen LogP contribution in [-0.2, 0) is 14.4 Å². The summed E-state index contributed by atoms with van der Waals surface area (Å²) in [6.45, 7) is 0.764. The highest BCUT2D eigenvalue weighted by Crippen LogP contribution is 2.32. The van der Waals surface area contributed by atoms with Crippen LogP contribution in [0.4, 0.5) is 4.79 Å². The van der Waals surface area contributed by atoms with Gasteiger partial charge in [0.15, 0.2) is 0 Å². The molecule has 1 aliphatic rings. The number of carboxylic acid groups (broad SMARTS) is 1. The van der Waals surface area contributed by atoms with Crippen molar-refractivity contribution in [1.29, 1.82) is 0 Å². The number of methoxy groups -OCH3 is 1. The Morgan fingerprint density at radius 1 is 1.32 bits per heavy atom. The molecule has 0 aliphatic carbocycles. The number of nitrogens with one attached hydrogen (secondary N) is 1. The first kappa shape index (κ1) is 18.5. The van der Waals surface area contributed by atoms with Crippen molar-refractivity contribution in [2.45, 2.75) is 13.0 Å². The molecular weight excluding hydrogens is 348 g/mol. The number of aliphatic carboxylic acids is 1. The minimum atomic E-state index is -1.21. The van der Waals surface area contributed by atoms with Crippen molar-refractivity contribution in [3.05, 3.63) is 34.7 Å². The average Bonchev–Trinajstić information content (AvgIpc) is 2.83. The molecule has 0 saturated carbocycles. The van der Waals surface area contributed by atoms with Crippen LogP contribution in [0.1, 0.15) is 12.5 Å². The van der Waals surface area contributed by atoms with Crippen molar-refractivity contribution in [3.63, 3.8) is 0 Å². The lowest BCUT2D eigenvalue weighted by molar-refractivity contribution is -0.141. The molecule has 0 radical (unpaired) electrons. The van der Waals surface area contributed by atoms with E-state index in [1.807, 2.05) is 0 Å². The van der Waals surface area contributed by atoms with Gasteiger partial charge in [-0.05, 0) is 42.5 Å². The Hall–Kier alpha value is -2.81. The fourth-order valence-electron chi connectivity index (χ4n) is 1.98. The number of benzene rings is 1. The van der Waals surface area contributed by atoms with E-state index in [2.05, 4.69) is 5.32 Å². The number of hydrogen-bond donors (Lipinski definition) is 2. The molecule has 1 aromatic rings. The third-order valence-corrected chi connectivity index (χ3v) is 4.24. The molecule has 1 atom stereocenters. The van der Waals surface area contributed by atoms with Crippen LogP contribution in [0.2, 0.25) is 0 Å². The van der Waals surface area contributed by atoms with Gasteiger partial charge in [-0.15, -0.1) is 0 Å². The first-order chi connectivity index (χ1) is 11.8. The Balaban J connectivity index is 2.07. The number of carboxylic acids is 1. The van der Waals surface area contributed by atoms with E-state index in [1.54, 1.807) is 30.3 Å². The second-order valence-electron chi connectivity index (χ2n) is 5.17. The summed E-state index contributed by atoms with van der Waals surface area (Å²) in [6.07, 6.45) is 1.54. The van der Waals surface area contributed by atoms with Crippen molar-refractivity contribution in [2.75, 3.05) is 13.7 Å². The lowest BCUT2D eigenvalue weighted by Gasteiger charge is -2.14. The maximum Gasteiger partial charge on any atom is 0.325 e. The number of rotatable bonds is 6. The number of imide groups is 1. The van der Waals surface area contributed by atoms with E-state index >= 15 is 0 Å². The summed E-state index contributed by atoms with van der Waals surface area (Å²) in [4.78, 5) is 47.7. The van der Waals surface area contributed by atoms with Gasteiger partial charge in [-0.3, -0.25) is 24.1 Å². The monoisotopic (exact) mass is 364 g/mol. The number of ether oxygens (including phenoxy) is 1. The van der Waals surface area contributed by atoms with Crippen LogP contribution in [0, 0.1) is 0 Å². The van der Waals surface area contributed by atoms with Crippen LogP contribution in [0.25, 0.3) is 6.08 Å². The van der Waals surface area contributed by atoms with Crippen molar-refractivity contribution >= 4 is 40.9 Å². The fraction of sp³-hybridized carbons (Fsp3) is 0.250. The highest BCUT2D eigenvalue weighted by molar-refractivity contribution is 8.18. The second-order valence-corrected chi connectivity index (χ2v) is 6.16. The fourth-order valence-corrected chi connectivity index (χ4v) is 2.82. The van der Waals surface area contributed by atoms with Crippen LogP contribution < -0.4 is 10.1 Å². The van der Waals surface area contributed by atoms with Gasteiger partial charge in [0, 0.05) is 0 Å². The van der Waals surface area contributed by atoms with Gasteiger partial charge in [-0.2, -0.15) is 0 Å². The third kappa shape index (κ3) is 4.60. The van der Waals surface area contributed by atoms with E-state index in [9.17, 15) is 19.2 Å². The van der Waals surface area contributed by atoms with Crippen molar-refractivity contribution in [3.8, 4) is 5.75 Å². The smallest absolute Gasteiger partial charge is 0.325 e. The Kier molecular flexibility index (Phi) is 5.81. The molecule has 1 fully saturated rings. The van der Waals surface area contributed by atoms with Crippen molar-refractivity contribution in [1.82, 2.24) is 10.2 Å². The Labute approximate surface area is 147 Å². The molecule has 1 aliphatic heterocycles. The van der Waals surface area contributed by atoms with E-state index < -0.39 is 35.6 Å². The molecule has 1 aromatic carbocycles. The molecule has 0 bridgehead atoms. The molecular formula is C16H16N2O6S. The SMILES string of the molecule is COc1ccc(/C=C2\SC(=O)N(CC(=O)NC(C)C(=O)O)C2=O)cc1. The lowest BCUT2D eigenvalue weighted by Crippen LogP contribution is -2.45. The maximum atomic E-state index is 12.3. The molecule has 1 heterocycles. The predicted octanol–water partition coefficient (Wildman–Crippen LogP) is 1.32. The summed E-state index contributed by atoms with van der Waals surface area (Å²) in [7, 11) is 1.54. The van der Waals surface area contributed by atoms with Gasteiger partial charge in [0.25, 0.3) is 11.1 Å². The summed E-state index contributed by atoms with van der Waals surface area (Å²) in [5.74, 6) is -1.86. The van der Waals surface area contributed by atoms with Gasteiger partial charge in [-0.1, -0.05) is 12.1 Å². The zero-order valence-corrected chi connectivity index (χ0v) is 14.3. The Bertz CT molecular complexity index is 743. The van der Waals surface area contributed by atoms with Gasteiger partial charge in [0.2, 0.25) is 5.91 Å². The maximum absolute atomic E-state index is 12.3. The van der Waals surface area contributed by atoms with Crippen LogP contribution in [0.3, 0.4) is 0 Å². The molecule has 2 rings (SSSR count). The number of carbonyl (C=O) groups is 4. The first-order valence-electron chi connectivity index (χ1n) is 7.23. The van der Waals surface area contributed by atoms with Gasteiger partial charge < -0.3 is 15.2 Å². The summed E-state index contributed by atoms with van der Waals surface area (Å²) in [5, 5.41) is 10.4. The summed E-state index contributed by atoms with van der Waals surface area (Å²) in [6, 6.07) is 5.79. The molecule has 0 aromatic heterocycles. The highest BCUT2D eigenvalue weighted by Gasteiger charge is 2.36. The standard InChI is InChI=1S/C16H16N2O6S/c1-9(15(21)22)17-13(19)8-18-14(20)12(25-16(18)23)7-10-3-5-11(24-2)6-4-10/h3-7,9H,8H2,1-2H3,(H,17,19)(H,21,22)/b12-7-. The molecule has 2 N–H and O–H groups in total. The topological polar surface area (TPSA) is 113 Å². The number of thioether (sulfide) groups is 1. The molecule has 1 unspecified atom stereocenters. The molecule has 9 heteroatoms. The quantitative estimate of drug-likeness (QED) is 0.732. The minimum absolute atomic E-state index is 0.189. The Morgan fingerprint density at radius 3 is 2.52 bits per heavy atom. The van der Waals surface area contributed by atoms with E-state index in [0.29, 0.717) is 11.3 Å². The molecule has 25 heavy (non-hydrogen) atoms. The van der Waals surface area contributed by atoms with E-state index in [0.717, 1.165) is 16.7 Å². The van der Waals surface area contributed by atoms with Gasteiger partial charge in [-0.25, -0.2) is 0 Å². The normalized spacial score (nSPS) is 16.9. The number of nitrogens with zero attached hydrogens (tertiary/aromatic N) is 1. The van der Waals surface area contributed by atoms with Crippen LogP contribution >= 0.6 is 11.8 Å². The van der Waals surface area contributed by atoms with Crippen molar-refractivity contribution in [2.24, 2.45) is 0 Å². The average molecular weight is 364 g/mol. The van der Waals surface area contributed by atoms with Crippen LogP contribution in [0.15, 0.2) is 29.2 Å². The molecule has 1 saturated heterocycles. The highest BCUT2D eigenvalue weighted by atomic mass is 32.2. The molecule has 3 amide bonds. The number of amides is 3. The zero-order valence-electron chi connectivity index (χ0n) is 13.5. The van der Waals surface area contributed by atoms with Crippen LogP contribution in [0.5, 0.6) is 5.75 Å². The number of carbonyl (C=O) groups excluding carboxylic acids is 3. The Morgan fingerprint density at radius 2 is 1.96 bits per heavy atom. The lowest BCUT2D eigenvalue weighted by atomic mass is 10.2. The van der Waals surface area contributed by atoms with E-state index in [4.69, 9.17) is 9.84 Å². The van der Waals surface area contributed by atoms with Gasteiger partial charge >= 0.3 is 5.97 Å². The van der Waals surface area contributed by atoms with E-state index in [-0.39, 0.29) is 4.91 Å². The third-order valence-electron chi connectivity index (χ3n) is 3.34. The minimum Gasteiger partial charge on any atom is -0.497 e. The first-order valence-corrected chi connectivity index (χ1v) is 8.05. The van der Waals surface area contributed by atoms with E-state index in [1.165, 1.54) is 14.0 Å². The summed E-state index contributed by atoms with van der Waals surface area (Å²) in [5.41, 5.74) is 0.704. The van der Waals surface area contributed by atoms with Crippen LogP contribution in [-0.4, -0.2) is 52.7 Å². The second kappa shape index (κ2) is 7.84. The summed E-state index contributed by atoms with van der Waals surface area (Å²) < 4.78 is 5.05. The predicted molar refractivity (Wildman–Crippen MR) is 90.9 cm³/mol. The summed E-state index contributed by atoms with van der Waals surface area (Å²) >= 11 is 0.725. The van der Waals surface area contributed by atoms with Crippen molar-refractivity contribution < 1.29 is 29.0 Å². The molecule has 132 valence electrons. The zero-order chi connectivity index (χ0) is 18.6. The van der Waals surface area contributed by atoms with Gasteiger partial charge in [0.05, 0.1) is 12.0 Å². The molecule has 0 spiro atoms. The molecule has 8 nitrogen and oxygen atoms in total. The largest absolute Gasteiger partial charge is 0.497 e. The van der Waals surface area contributed by atoms with Gasteiger partial charge in [0.1, 0.15) is 18.3 Å². The number of hydrogen-bond acceptors (Lipinski definition) is 6.